The maximum atomic E-state index is 11.8. The van der Waals surface area contributed by atoms with Gasteiger partial charge in [-0.3, -0.25) is 4.31 Å². The van der Waals surface area contributed by atoms with Gasteiger partial charge in [0, 0.05) is 19.3 Å². The van der Waals surface area contributed by atoms with Crippen LogP contribution < -0.4 is 5.73 Å². The van der Waals surface area contributed by atoms with Gasteiger partial charge in [0.05, 0.1) is 27.3 Å². The van der Waals surface area contributed by atoms with E-state index in [2.05, 4.69) is 23.7 Å². The minimum atomic E-state index is -3.30. The maximum Gasteiger partial charge on any atom is 0.231 e. The zero-order chi connectivity index (χ0) is 19.0. The second kappa shape index (κ2) is 6.93. The minimum absolute atomic E-state index is 0.237. The molecule has 2 N–H and O–H groups in total. The van der Waals surface area contributed by atoms with Crippen molar-refractivity contribution in [3.8, 4) is 0 Å². The molecule has 1 aliphatic heterocycles. The highest BCUT2D eigenvalue weighted by Crippen LogP contribution is 2.50. The van der Waals surface area contributed by atoms with Gasteiger partial charge in [-0.1, -0.05) is 0 Å². The average molecular weight is 384 g/mol. The zero-order valence-electron chi connectivity index (χ0n) is 15.5. The molecule has 0 saturated heterocycles. The number of fused-ring (bicyclic) bond motifs is 1. The number of allylic oxidation sites excluding steroid dienone is 3. The number of hydrogen-bond acceptors (Lipinski definition) is 6. The summed E-state index contributed by atoms with van der Waals surface area (Å²) in [6, 6.07) is 0. The average Bonchev–Trinajstić information content (AvgIpc) is 3.09. The fraction of sp³-hybridized carbons (Fsp3) is 0.471. The molecule has 0 radical (unpaired) electrons. The van der Waals surface area contributed by atoms with Gasteiger partial charge in [0.15, 0.2) is 0 Å². The van der Waals surface area contributed by atoms with Crippen molar-refractivity contribution in [3.05, 3.63) is 45.3 Å². The Labute approximate surface area is 153 Å². The lowest BCUT2D eigenvalue weighted by atomic mass is 9.78. The number of aryl methyl sites for hydroxylation is 1. The molecule has 2 heterocycles. The largest absolute Gasteiger partial charge is 0.459 e. The second-order valence-electron chi connectivity index (χ2n) is 6.35. The van der Waals surface area contributed by atoms with Crippen molar-refractivity contribution in [2.45, 2.75) is 27.2 Å². The van der Waals surface area contributed by atoms with E-state index in [1.54, 1.807) is 18.4 Å². The van der Waals surface area contributed by atoms with Gasteiger partial charge >= 0.3 is 0 Å². The number of rotatable bonds is 3. The lowest BCUT2D eigenvalue weighted by Gasteiger charge is -2.31. The fourth-order valence-electron chi connectivity index (χ4n) is 2.98. The van der Waals surface area contributed by atoms with Crippen LogP contribution in [0.3, 0.4) is 0 Å². The summed E-state index contributed by atoms with van der Waals surface area (Å²) < 4.78 is 31.0. The van der Waals surface area contributed by atoms with Gasteiger partial charge < -0.3 is 10.5 Å². The van der Waals surface area contributed by atoms with Crippen molar-refractivity contribution in [2.24, 2.45) is 11.1 Å². The monoisotopic (exact) mass is 383 g/mol. The van der Waals surface area contributed by atoms with Crippen LogP contribution in [0.25, 0.3) is 5.76 Å². The maximum absolute atomic E-state index is 11.8. The SMILES string of the molecule is CC1=C(N(C)S(C)(=O)=O)C=C2OC(c3cnc(C)s3)=CC2(C)C1.CN. The third-order valence-corrected chi connectivity index (χ3v) is 6.39. The molecular formula is C17H25N3O3S2. The van der Waals surface area contributed by atoms with E-state index in [1.165, 1.54) is 17.6 Å². The molecule has 25 heavy (non-hydrogen) atoms. The van der Waals surface area contributed by atoms with Crippen LogP contribution in [0.1, 0.15) is 30.2 Å². The molecule has 0 aromatic carbocycles. The molecule has 0 saturated carbocycles. The summed E-state index contributed by atoms with van der Waals surface area (Å²) in [5, 5.41) is 0.991. The number of ether oxygens (including phenoxy) is 1. The molecule has 1 aromatic heterocycles. The first kappa shape index (κ1) is 19.7. The molecule has 3 rings (SSSR count). The summed E-state index contributed by atoms with van der Waals surface area (Å²) >= 11 is 1.59. The van der Waals surface area contributed by atoms with E-state index >= 15 is 0 Å². The van der Waals surface area contributed by atoms with Crippen LogP contribution in [0.2, 0.25) is 0 Å². The number of likely N-dealkylation sites (N-methyl/N-ethyl adjacent to an activating group) is 1. The van der Waals surface area contributed by atoms with Gasteiger partial charge in [-0.25, -0.2) is 13.4 Å². The van der Waals surface area contributed by atoms with Crippen LogP contribution in [0.5, 0.6) is 0 Å². The number of hydrogen-bond donors (Lipinski definition) is 1. The van der Waals surface area contributed by atoms with Crippen LogP contribution >= 0.6 is 11.3 Å². The van der Waals surface area contributed by atoms with Crippen molar-refractivity contribution in [3.63, 3.8) is 0 Å². The Balaban J connectivity index is 0.00000109. The molecule has 0 spiro atoms. The first-order chi connectivity index (χ1) is 11.6. The third kappa shape index (κ3) is 3.80. The van der Waals surface area contributed by atoms with Crippen LogP contribution in [0, 0.1) is 12.3 Å². The third-order valence-electron chi connectivity index (χ3n) is 4.27. The Morgan fingerprint density at radius 2 is 2.00 bits per heavy atom. The molecule has 6 nitrogen and oxygen atoms in total. The smallest absolute Gasteiger partial charge is 0.231 e. The van der Waals surface area contributed by atoms with E-state index in [-0.39, 0.29) is 5.41 Å². The van der Waals surface area contributed by atoms with Gasteiger partial charge in [-0.05, 0) is 45.9 Å². The number of nitrogens with zero attached hydrogens (tertiary/aromatic N) is 2. The van der Waals surface area contributed by atoms with Crippen LogP contribution in [0.4, 0.5) is 0 Å². The molecule has 1 atom stereocenters. The zero-order valence-corrected chi connectivity index (χ0v) is 17.1. The summed E-state index contributed by atoms with van der Waals surface area (Å²) in [5.41, 5.74) is 5.99. The summed E-state index contributed by atoms with van der Waals surface area (Å²) in [6.45, 7) is 6.04. The van der Waals surface area contributed by atoms with Gasteiger partial charge in [0.1, 0.15) is 11.5 Å². The lowest BCUT2D eigenvalue weighted by Crippen LogP contribution is -2.29. The molecule has 1 unspecified atom stereocenters. The van der Waals surface area contributed by atoms with E-state index in [1.807, 2.05) is 26.1 Å². The van der Waals surface area contributed by atoms with Crippen LogP contribution in [0.15, 0.2) is 35.4 Å². The van der Waals surface area contributed by atoms with Gasteiger partial charge in [-0.15, -0.1) is 11.3 Å². The van der Waals surface area contributed by atoms with E-state index < -0.39 is 10.0 Å². The van der Waals surface area contributed by atoms with E-state index in [9.17, 15) is 8.42 Å². The van der Waals surface area contributed by atoms with Crippen molar-refractivity contribution in [1.82, 2.24) is 9.29 Å². The summed E-state index contributed by atoms with van der Waals surface area (Å²) in [6.07, 6.45) is 7.72. The summed E-state index contributed by atoms with van der Waals surface area (Å²) in [7, 11) is -0.223. The molecule has 0 bridgehead atoms. The number of sulfonamides is 1. The first-order valence-electron chi connectivity index (χ1n) is 7.87. The van der Waals surface area contributed by atoms with E-state index in [0.29, 0.717) is 5.70 Å². The minimum Gasteiger partial charge on any atom is -0.459 e. The predicted molar refractivity (Wildman–Crippen MR) is 102 cm³/mol. The Hall–Kier alpha value is -1.64. The Morgan fingerprint density at radius 1 is 1.36 bits per heavy atom. The predicted octanol–water partition coefficient (Wildman–Crippen LogP) is 2.86. The molecule has 1 aliphatic carbocycles. The molecular weight excluding hydrogens is 358 g/mol. The standard InChI is InChI=1S/C16H20N2O3S2.CH5N/c1-10-7-16(3)8-13(14-9-17-11(2)22-14)21-15(16)6-12(10)18(4)23(5,19)20;1-2/h6,8-9H,7H2,1-5H3;2H2,1H3. The Bertz CT molecular complexity index is 865. The van der Waals surface area contributed by atoms with Gasteiger partial charge in [0.25, 0.3) is 0 Å². The molecule has 8 heteroatoms. The van der Waals surface area contributed by atoms with Gasteiger partial charge in [0.2, 0.25) is 10.0 Å². The fourth-order valence-corrected chi connectivity index (χ4v) is 4.28. The van der Waals surface area contributed by atoms with Crippen LogP contribution in [-0.4, -0.2) is 38.1 Å². The number of thiazole rings is 1. The molecule has 0 amide bonds. The van der Waals surface area contributed by atoms with E-state index in [4.69, 9.17) is 4.74 Å². The first-order valence-corrected chi connectivity index (χ1v) is 10.5. The quantitative estimate of drug-likeness (QED) is 0.867. The van der Waals surface area contributed by atoms with Crippen molar-refractivity contribution < 1.29 is 13.2 Å². The lowest BCUT2D eigenvalue weighted by molar-refractivity contribution is 0.303. The molecule has 2 aliphatic rings. The van der Waals surface area contributed by atoms with Crippen LogP contribution in [-0.2, 0) is 14.8 Å². The molecule has 1 aromatic rings. The molecule has 0 fully saturated rings. The molecule has 138 valence electrons. The highest BCUT2D eigenvalue weighted by atomic mass is 32.2. The van der Waals surface area contributed by atoms with Crippen molar-refractivity contribution >= 4 is 27.1 Å². The summed E-state index contributed by atoms with van der Waals surface area (Å²) in [4.78, 5) is 5.27. The highest BCUT2D eigenvalue weighted by molar-refractivity contribution is 7.88. The van der Waals surface area contributed by atoms with Crippen molar-refractivity contribution in [1.29, 1.82) is 0 Å². The van der Waals surface area contributed by atoms with Crippen molar-refractivity contribution in [2.75, 3.05) is 20.4 Å². The second-order valence-corrected chi connectivity index (χ2v) is 9.60. The van der Waals surface area contributed by atoms with Gasteiger partial charge in [-0.2, -0.15) is 0 Å². The number of aromatic nitrogens is 1. The summed E-state index contributed by atoms with van der Waals surface area (Å²) in [5.74, 6) is 1.59. The highest BCUT2D eigenvalue weighted by Gasteiger charge is 2.40. The Kier molecular flexibility index (Phi) is 5.46. The topological polar surface area (TPSA) is 85.5 Å². The normalized spacial score (nSPS) is 22.4. The Morgan fingerprint density at radius 3 is 2.52 bits per heavy atom. The number of nitrogens with two attached hydrogens (primary N) is 1. The van der Waals surface area contributed by atoms with E-state index in [0.717, 1.165) is 33.4 Å².